The second kappa shape index (κ2) is 7.56. The van der Waals surface area contributed by atoms with E-state index in [-0.39, 0.29) is 18.8 Å². The van der Waals surface area contributed by atoms with Crippen molar-refractivity contribution in [2.75, 3.05) is 5.32 Å². The van der Waals surface area contributed by atoms with Crippen molar-refractivity contribution in [3.63, 3.8) is 0 Å². The van der Waals surface area contributed by atoms with E-state index in [1.54, 1.807) is 26.0 Å². The van der Waals surface area contributed by atoms with Gasteiger partial charge in [0.25, 0.3) is 5.69 Å². The maximum absolute atomic E-state index is 12.1. The van der Waals surface area contributed by atoms with Gasteiger partial charge in [-0.2, -0.15) is 0 Å². The first-order chi connectivity index (χ1) is 11.4. The van der Waals surface area contributed by atoms with Gasteiger partial charge in [-0.15, -0.1) is 0 Å². The van der Waals surface area contributed by atoms with Gasteiger partial charge in [0.05, 0.1) is 22.8 Å². The molecule has 0 saturated carbocycles. The minimum atomic E-state index is -0.477. The van der Waals surface area contributed by atoms with Crippen molar-refractivity contribution in [3.8, 4) is 0 Å². The van der Waals surface area contributed by atoms with Crippen LogP contribution in [-0.4, -0.2) is 16.1 Å². The molecule has 126 valence electrons. The Morgan fingerprint density at radius 1 is 1.17 bits per heavy atom. The summed E-state index contributed by atoms with van der Waals surface area (Å²) in [5.41, 5.74) is 3.08. The molecule has 0 radical (unpaired) electrons. The molecule has 2 aromatic carbocycles. The molecule has 3 N–H and O–H groups in total. The molecular weight excluding hydrogens is 310 g/mol. The molecule has 0 atom stereocenters. The predicted octanol–water partition coefficient (Wildman–Crippen LogP) is 3.03. The molecule has 0 saturated heterocycles. The van der Waals surface area contributed by atoms with Crippen LogP contribution >= 0.6 is 0 Å². The highest BCUT2D eigenvalue weighted by Crippen LogP contribution is 2.28. The van der Waals surface area contributed by atoms with Gasteiger partial charge in [0.15, 0.2) is 0 Å². The molecule has 0 aliphatic rings. The highest BCUT2D eigenvalue weighted by atomic mass is 16.6. The fourth-order valence-corrected chi connectivity index (χ4v) is 2.44. The number of nitrogens with one attached hydrogen (secondary N) is 2. The normalized spacial score (nSPS) is 10.3. The zero-order chi connectivity index (χ0) is 17.7. The summed E-state index contributed by atoms with van der Waals surface area (Å²) in [6, 6.07) is 9.79. The van der Waals surface area contributed by atoms with E-state index in [4.69, 9.17) is 0 Å². The Bertz CT molecular complexity index is 774. The third kappa shape index (κ3) is 3.88. The number of urea groups is 1. The Balaban J connectivity index is 2.10. The lowest BCUT2D eigenvalue weighted by atomic mass is 10.1. The number of carbonyl (C=O) groups excluding carboxylic acids is 1. The van der Waals surface area contributed by atoms with Gasteiger partial charge < -0.3 is 15.7 Å². The zero-order valence-corrected chi connectivity index (χ0v) is 13.5. The van der Waals surface area contributed by atoms with Crippen molar-refractivity contribution in [2.24, 2.45) is 0 Å². The highest BCUT2D eigenvalue weighted by molar-refractivity contribution is 5.91. The molecule has 0 aromatic heterocycles. The van der Waals surface area contributed by atoms with E-state index in [2.05, 4.69) is 10.6 Å². The Morgan fingerprint density at radius 3 is 2.46 bits per heavy atom. The van der Waals surface area contributed by atoms with Crippen LogP contribution in [0, 0.1) is 24.0 Å². The average Bonchev–Trinajstić information content (AvgIpc) is 2.56. The highest BCUT2D eigenvalue weighted by Gasteiger charge is 2.17. The zero-order valence-electron chi connectivity index (χ0n) is 13.5. The average molecular weight is 329 g/mol. The molecule has 0 fully saturated rings. The molecule has 7 heteroatoms. The number of amides is 2. The van der Waals surface area contributed by atoms with E-state index < -0.39 is 11.0 Å². The number of aliphatic hydroxyl groups is 1. The largest absolute Gasteiger partial charge is 0.392 e. The molecule has 2 aromatic rings. The monoisotopic (exact) mass is 329 g/mol. The SMILES string of the molecule is Cc1ccc([N+](=O)[O-])c(C)c1NC(=O)NCc1ccccc1CO. The third-order valence-electron chi connectivity index (χ3n) is 3.81. The fraction of sp³-hybridized carbons (Fsp3) is 0.235. The lowest BCUT2D eigenvalue weighted by Crippen LogP contribution is -2.29. The molecular formula is C17H19N3O4. The topological polar surface area (TPSA) is 105 Å². The minimum absolute atomic E-state index is 0.0403. The predicted molar refractivity (Wildman–Crippen MR) is 90.8 cm³/mol. The lowest BCUT2D eigenvalue weighted by Gasteiger charge is -2.13. The van der Waals surface area contributed by atoms with Gasteiger partial charge in [0.2, 0.25) is 0 Å². The van der Waals surface area contributed by atoms with Gasteiger partial charge in [-0.05, 0) is 30.5 Å². The van der Waals surface area contributed by atoms with Crippen molar-refractivity contribution in [1.29, 1.82) is 0 Å². The first kappa shape index (κ1) is 17.4. The molecule has 0 spiro atoms. The van der Waals surface area contributed by atoms with Crippen LogP contribution in [-0.2, 0) is 13.2 Å². The number of hydrogen-bond donors (Lipinski definition) is 3. The Morgan fingerprint density at radius 2 is 1.83 bits per heavy atom. The van der Waals surface area contributed by atoms with Crippen molar-refractivity contribution < 1.29 is 14.8 Å². The summed E-state index contributed by atoms with van der Waals surface area (Å²) in [5, 5.41) is 25.6. The summed E-state index contributed by atoms with van der Waals surface area (Å²) in [6.07, 6.45) is 0. The number of nitrogens with zero attached hydrogens (tertiary/aromatic N) is 1. The van der Waals surface area contributed by atoms with Crippen molar-refractivity contribution >= 4 is 17.4 Å². The number of hydrogen-bond acceptors (Lipinski definition) is 4. The fourth-order valence-electron chi connectivity index (χ4n) is 2.44. The summed E-state index contributed by atoms with van der Waals surface area (Å²) in [5.74, 6) is 0. The van der Waals surface area contributed by atoms with Gasteiger partial charge in [-0.1, -0.05) is 30.3 Å². The summed E-state index contributed by atoms with van der Waals surface area (Å²) in [7, 11) is 0. The molecule has 0 aliphatic heterocycles. The van der Waals surface area contributed by atoms with Gasteiger partial charge in [-0.3, -0.25) is 10.1 Å². The van der Waals surface area contributed by atoms with Gasteiger partial charge in [0, 0.05) is 12.6 Å². The smallest absolute Gasteiger partial charge is 0.319 e. The van der Waals surface area contributed by atoms with Crippen LogP contribution in [0.4, 0.5) is 16.2 Å². The number of aryl methyl sites for hydroxylation is 1. The van der Waals surface area contributed by atoms with E-state index in [0.29, 0.717) is 11.3 Å². The summed E-state index contributed by atoms with van der Waals surface area (Å²) < 4.78 is 0. The number of anilines is 1. The third-order valence-corrected chi connectivity index (χ3v) is 3.81. The molecule has 0 bridgehead atoms. The van der Waals surface area contributed by atoms with Crippen LogP contribution in [0.1, 0.15) is 22.3 Å². The summed E-state index contributed by atoms with van der Waals surface area (Å²) in [6.45, 7) is 3.51. The Labute approximate surface area is 139 Å². The number of nitro groups is 1. The maximum atomic E-state index is 12.1. The van der Waals surface area contributed by atoms with Crippen LogP contribution in [0.3, 0.4) is 0 Å². The van der Waals surface area contributed by atoms with E-state index in [1.165, 1.54) is 6.07 Å². The van der Waals surface area contributed by atoms with Crippen molar-refractivity contribution in [2.45, 2.75) is 27.0 Å². The van der Waals surface area contributed by atoms with Crippen molar-refractivity contribution in [1.82, 2.24) is 5.32 Å². The molecule has 24 heavy (non-hydrogen) atoms. The first-order valence-corrected chi connectivity index (χ1v) is 7.41. The Hall–Kier alpha value is -2.93. The molecule has 0 aliphatic carbocycles. The lowest BCUT2D eigenvalue weighted by molar-refractivity contribution is -0.385. The second-order valence-electron chi connectivity index (χ2n) is 5.39. The second-order valence-corrected chi connectivity index (χ2v) is 5.39. The summed E-state index contributed by atoms with van der Waals surface area (Å²) >= 11 is 0. The molecule has 0 heterocycles. The number of benzene rings is 2. The molecule has 0 unspecified atom stereocenters. The standard InChI is InChI=1S/C17H19N3O4/c1-11-7-8-15(20(23)24)12(2)16(11)19-17(22)18-9-13-5-3-4-6-14(13)10-21/h3-8,21H,9-10H2,1-2H3,(H2,18,19,22). The number of carbonyl (C=O) groups is 1. The van der Waals surface area contributed by atoms with Crippen LogP contribution < -0.4 is 10.6 Å². The van der Waals surface area contributed by atoms with Gasteiger partial charge in [0.1, 0.15) is 0 Å². The first-order valence-electron chi connectivity index (χ1n) is 7.41. The van der Waals surface area contributed by atoms with Crippen LogP contribution in [0.5, 0.6) is 0 Å². The van der Waals surface area contributed by atoms with Gasteiger partial charge >= 0.3 is 6.03 Å². The quantitative estimate of drug-likeness (QED) is 0.579. The van der Waals surface area contributed by atoms with E-state index in [0.717, 1.165) is 16.7 Å². The van der Waals surface area contributed by atoms with Crippen LogP contribution in [0.15, 0.2) is 36.4 Å². The number of rotatable bonds is 5. The van der Waals surface area contributed by atoms with E-state index in [1.807, 2.05) is 18.2 Å². The van der Waals surface area contributed by atoms with E-state index >= 15 is 0 Å². The molecule has 2 rings (SSSR count). The molecule has 2 amide bonds. The Kier molecular flexibility index (Phi) is 5.49. The van der Waals surface area contributed by atoms with Crippen LogP contribution in [0.25, 0.3) is 0 Å². The number of aliphatic hydroxyl groups excluding tert-OH is 1. The van der Waals surface area contributed by atoms with Gasteiger partial charge in [-0.25, -0.2) is 4.79 Å². The van der Waals surface area contributed by atoms with Crippen molar-refractivity contribution in [3.05, 3.63) is 68.8 Å². The van der Waals surface area contributed by atoms with Crippen LogP contribution in [0.2, 0.25) is 0 Å². The minimum Gasteiger partial charge on any atom is -0.392 e. The van der Waals surface area contributed by atoms with E-state index in [9.17, 15) is 20.0 Å². The number of nitro benzene ring substituents is 1. The summed E-state index contributed by atoms with van der Waals surface area (Å²) in [4.78, 5) is 22.6. The maximum Gasteiger partial charge on any atom is 0.319 e. The molecule has 7 nitrogen and oxygen atoms in total.